The molecule has 0 aliphatic heterocycles. The Morgan fingerprint density at radius 2 is 2.00 bits per heavy atom. The van der Waals surface area contributed by atoms with Crippen molar-refractivity contribution in [3.8, 4) is 0 Å². The lowest BCUT2D eigenvalue weighted by Gasteiger charge is -2.04. The zero-order valence-corrected chi connectivity index (χ0v) is 7.23. The highest BCUT2D eigenvalue weighted by molar-refractivity contribution is 6.40. The van der Waals surface area contributed by atoms with Gasteiger partial charge in [-0.1, -0.05) is 13.8 Å². The summed E-state index contributed by atoms with van der Waals surface area (Å²) in [5.41, 5.74) is 1.52. The van der Waals surface area contributed by atoms with E-state index in [2.05, 4.69) is 18.8 Å². The van der Waals surface area contributed by atoms with E-state index in [0.717, 1.165) is 12.1 Å². The van der Waals surface area contributed by atoms with Crippen LogP contribution in [0.2, 0.25) is 0 Å². The fraction of sp³-hybridized carbons (Fsp3) is 0.750. The molecule has 2 heteroatoms. The monoisotopic (exact) mass is 140 g/mol. The zero-order valence-electron chi connectivity index (χ0n) is 7.23. The Labute approximate surface area is 62.9 Å². The molecule has 0 aliphatic carbocycles. The smallest absolute Gasteiger partial charge is 0.0523 e. The van der Waals surface area contributed by atoms with Crippen LogP contribution in [0.15, 0.2) is 4.99 Å². The van der Waals surface area contributed by atoms with Gasteiger partial charge in [-0.2, -0.15) is 0 Å². The van der Waals surface area contributed by atoms with E-state index in [9.17, 15) is 0 Å². The van der Waals surface area contributed by atoms with Gasteiger partial charge in [-0.3, -0.25) is 4.99 Å². The van der Waals surface area contributed by atoms with Gasteiger partial charge in [0.1, 0.15) is 0 Å². The van der Waals surface area contributed by atoms with Crippen LogP contribution >= 0.6 is 0 Å². The van der Waals surface area contributed by atoms with Crippen molar-refractivity contribution in [1.82, 2.24) is 0 Å². The molecule has 0 saturated carbocycles. The molecule has 0 aromatic rings. The van der Waals surface area contributed by atoms with Crippen molar-refractivity contribution in [2.75, 3.05) is 7.05 Å². The Balaban J connectivity index is 3.86. The SMILES string of the molecule is CN=C(C)C(=N)CC(C)C. The van der Waals surface area contributed by atoms with Crippen molar-refractivity contribution >= 4 is 11.4 Å². The minimum atomic E-state index is 0.559. The van der Waals surface area contributed by atoms with Gasteiger partial charge in [-0.05, 0) is 19.3 Å². The highest BCUT2D eigenvalue weighted by Crippen LogP contribution is 2.01. The Morgan fingerprint density at radius 3 is 2.30 bits per heavy atom. The summed E-state index contributed by atoms with van der Waals surface area (Å²) < 4.78 is 0. The van der Waals surface area contributed by atoms with Crippen LogP contribution in [0.1, 0.15) is 27.2 Å². The quantitative estimate of drug-likeness (QED) is 0.583. The van der Waals surface area contributed by atoms with Crippen LogP contribution in [-0.4, -0.2) is 18.5 Å². The molecule has 0 fully saturated rings. The van der Waals surface area contributed by atoms with Crippen LogP contribution in [0.5, 0.6) is 0 Å². The van der Waals surface area contributed by atoms with Gasteiger partial charge in [0.25, 0.3) is 0 Å². The van der Waals surface area contributed by atoms with Gasteiger partial charge >= 0.3 is 0 Å². The first-order chi connectivity index (χ1) is 4.57. The average Bonchev–Trinajstić information content (AvgIpc) is 1.85. The second-order valence-corrected chi connectivity index (χ2v) is 2.89. The summed E-state index contributed by atoms with van der Waals surface area (Å²) in [6, 6.07) is 0. The average molecular weight is 140 g/mol. The van der Waals surface area contributed by atoms with Crippen LogP contribution < -0.4 is 0 Å². The third-order valence-corrected chi connectivity index (χ3v) is 1.38. The highest BCUT2D eigenvalue weighted by Gasteiger charge is 2.02. The van der Waals surface area contributed by atoms with Gasteiger partial charge < -0.3 is 5.41 Å². The number of hydrogen-bond donors (Lipinski definition) is 1. The molecule has 0 rings (SSSR count). The molecule has 2 nitrogen and oxygen atoms in total. The van der Waals surface area contributed by atoms with Crippen molar-refractivity contribution in [2.24, 2.45) is 10.9 Å². The molecule has 10 heavy (non-hydrogen) atoms. The maximum absolute atomic E-state index is 7.49. The number of hydrogen-bond acceptors (Lipinski definition) is 2. The Morgan fingerprint density at radius 1 is 1.50 bits per heavy atom. The predicted molar refractivity (Wildman–Crippen MR) is 46.2 cm³/mol. The fourth-order valence-corrected chi connectivity index (χ4v) is 0.691. The van der Waals surface area contributed by atoms with Crippen molar-refractivity contribution < 1.29 is 0 Å². The number of nitrogens with one attached hydrogen (secondary N) is 1. The maximum atomic E-state index is 7.49. The first kappa shape index (κ1) is 9.34. The molecule has 0 aromatic carbocycles. The molecule has 0 amide bonds. The van der Waals surface area contributed by atoms with Gasteiger partial charge in [0.15, 0.2) is 0 Å². The molecule has 0 atom stereocenters. The number of nitrogens with zero attached hydrogens (tertiary/aromatic N) is 1. The maximum Gasteiger partial charge on any atom is 0.0523 e. The second kappa shape index (κ2) is 4.20. The van der Waals surface area contributed by atoms with Gasteiger partial charge in [-0.15, -0.1) is 0 Å². The summed E-state index contributed by atoms with van der Waals surface area (Å²) >= 11 is 0. The molecule has 0 aliphatic rings. The Hall–Kier alpha value is -0.660. The van der Waals surface area contributed by atoms with Gasteiger partial charge in [-0.25, -0.2) is 0 Å². The molecule has 0 bridgehead atoms. The van der Waals surface area contributed by atoms with Crippen LogP contribution in [0.3, 0.4) is 0 Å². The third-order valence-electron chi connectivity index (χ3n) is 1.38. The van der Waals surface area contributed by atoms with Crippen molar-refractivity contribution in [2.45, 2.75) is 27.2 Å². The predicted octanol–water partition coefficient (Wildman–Crippen LogP) is 2.14. The Kier molecular flexibility index (Phi) is 3.93. The lowest BCUT2D eigenvalue weighted by Crippen LogP contribution is -2.11. The minimum absolute atomic E-state index is 0.559. The van der Waals surface area contributed by atoms with E-state index in [-0.39, 0.29) is 0 Å². The summed E-state index contributed by atoms with van der Waals surface area (Å²) in [6.45, 7) is 6.10. The lowest BCUT2D eigenvalue weighted by atomic mass is 10.0. The number of rotatable bonds is 3. The summed E-state index contributed by atoms with van der Waals surface area (Å²) in [6.07, 6.45) is 0.836. The van der Waals surface area contributed by atoms with Crippen LogP contribution in [-0.2, 0) is 0 Å². The van der Waals surface area contributed by atoms with Crippen LogP contribution in [0, 0.1) is 11.3 Å². The molecule has 0 saturated heterocycles. The fourth-order valence-electron chi connectivity index (χ4n) is 0.691. The largest absolute Gasteiger partial charge is 0.303 e. The first-order valence-electron chi connectivity index (χ1n) is 3.59. The van der Waals surface area contributed by atoms with E-state index in [1.54, 1.807) is 7.05 Å². The van der Waals surface area contributed by atoms with E-state index < -0.39 is 0 Å². The second-order valence-electron chi connectivity index (χ2n) is 2.89. The summed E-state index contributed by atoms with van der Waals surface area (Å²) in [4.78, 5) is 3.93. The summed E-state index contributed by atoms with van der Waals surface area (Å²) in [5, 5.41) is 7.49. The molecular formula is C8H16N2. The molecule has 0 heterocycles. The molecule has 0 unspecified atom stereocenters. The molecule has 58 valence electrons. The highest BCUT2D eigenvalue weighted by atomic mass is 14.7. The lowest BCUT2D eigenvalue weighted by molar-refractivity contribution is 0.685. The van der Waals surface area contributed by atoms with Crippen molar-refractivity contribution in [1.29, 1.82) is 5.41 Å². The minimum Gasteiger partial charge on any atom is -0.303 e. The molecule has 1 N–H and O–H groups in total. The topological polar surface area (TPSA) is 36.2 Å². The van der Waals surface area contributed by atoms with Crippen molar-refractivity contribution in [3.05, 3.63) is 0 Å². The van der Waals surface area contributed by atoms with E-state index in [1.165, 1.54) is 0 Å². The molecule has 0 aromatic heterocycles. The zero-order chi connectivity index (χ0) is 8.15. The normalized spacial score (nSPS) is 12.3. The van der Waals surface area contributed by atoms with Crippen LogP contribution in [0.25, 0.3) is 0 Å². The van der Waals surface area contributed by atoms with E-state index in [4.69, 9.17) is 5.41 Å². The van der Waals surface area contributed by atoms with Gasteiger partial charge in [0, 0.05) is 7.05 Å². The van der Waals surface area contributed by atoms with E-state index in [0.29, 0.717) is 11.6 Å². The van der Waals surface area contributed by atoms with Crippen molar-refractivity contribution in [3.63, 3.8) is 0 Å². The number of aliphatic imine (C=N–C) groups is 1. The van der Waals surface area contributed by atoms with Crippen LogP contribution in [0.4, 0.5) is 0 Å². The van der Waals surface area contributed by atoms with E-state index >= 15 is 0 Å². The van der Waals surface area contributed by atoms with E-state index in [1.807, 2.05) is 6.92 Å². The first-order valence-corrected chi connectivity index (χ1v) is 3.59. The molecule has 0 radical (unpaired) electrons. The Bertz CT molecular complexity index is 145. The molecular weight excluding hydrogens is 124 g/mol. The van der Waals surface area contributed by atoms with Gasteiger partial charge in [0.05, 0.1) is 11.4 Å². The summed E-state index contributed by atoms with van der Waals surface area (Å²) in [7, 11) is 1.73. The summed E-state index contributed by atoms with van der Waals surface area (Å²) in [5.74, 6) is 0.559. The third kappa shape index (κ3) is 3.38. The van der Waals surface area contributed by atoms with Gasteiger partial charge in [0.2, 0.25) is 0 Å². The standard InChI is InChI=1S/C8H16N2/c1-6(2)5-8(9)7(3)10-4/h6,9H,5H2,1-4H3. The molecule has 0 spiro atoms.